The molecule has 11 heavy (non-hydrogen) atoms. The standard InChI is InChI=1S/C7H6N4/c1-5-2-3-6-7(4-5)9-11-10-8-6/h2-4H,1H3. The maximum Gasteiger partial charge on any atom is 0.115 e. The maximum atomic E-state index is 3.82. The van der Waals surface area contributed by atoms with Crippen LogP contribution in [0.1, 0.15) is 5.56 Å². The fourth-order valence-electron chi connectivity index (χ4n) is 0.934. The molecule has 1 heterocycles. The van der Waals surface area contributed by atoms with Crippen LogP contribution in [0.5, 0.6) is 0 Å². The normalized spacial score (nSPS) is 10.3. The van der Waals surface area contributed by atoms with Crippen molar-refractivity contribution in [2.45, 2.75) is 6.92 Å². The second-order valence-corrected chi connectivity index (χ2v) is 2.37. The summed E-state index contributed by atoms with van der Waals surface area (Å²) in [7, 11) is 0. The second-order valence-electron chi connectivity index (χ2n) is 2.37. The molecule has 0 saturated heterocycles. The van der Waals surface area contributed by atoms with Gasteiger partial charge in [-0.2, -0.15) is 0 Å². The number of fused-ring (bicyclic) bond motifs is 1. The van der Waals surface area contributed by atoms with Gasteiger partial charge in [0.15, 0.2) is 0 Å². The first-order chi connectivity index (χ1) is 5.36. The Morgan fingerprint density at radius 3 is 2.55 bits per heavy atom. The number of rotatable bonds is 0. The van der Waals surface area contributed by atoms with Gasteiger partial charge in [0.1, 0.15) is 11.0 Å². The molecule has 0 unspecified atom stereocenters. The predicted octanol–water partition coefficient (Wildman–Crippen LogP) is 0.728. The third-order valence-electron chi connectivity index (χ3n) is 1.48. The molecule has 4 heteroatoms. The van der Waals surface area contributed by atoms with Crippen molar-refractivity contribution in [3.8, 4) is 0 Å². The predicted molar refractivity (Wildman–Crippen MR) is 39.9 cm³/mol. The van der Waals surface area contributed by atoms with Crippen LogP contribution in [0.3, 0.4) is 0 Å². The SMILES string of the molecule is Cc1ccc2nnnnc2c1. The van der Waals surface area contributed by atoms with Crippen molar-refractivity contribution in [2.24, 2.45) is 0 Å². The van der Waals surface area contributed by atoms with Crippen molar-refractivity contribution >= 4 is 11.0 Å². The summed E-state index contributed by atoms with van der Waals surface area (Å²) >= 11 is 0. The number of hydrogen-bond acceptors (Lipinski definition) is 4. The Morgan fingerprint density at radius 1 is 1.00 bits per heavy atom. The molecule has 0 bridgehead atoms. The van der Waals surface area contributed by atoms with Gasteiger partial charge in [0, 0.05) is 0 Å². The Labute approximate surface area is 63.3 Å². The van der Waals surface area contributed by atoms with Gasteiger partial charge in [0.25, 0.3) is 0 Å². The number of hydrogen-bond donors (Lipinski definition) is 0. The molecule has 54 valence electrons. The summed E-state index contributed by atoms with van der Waals surface area (Å²) in [6.45, 7) is 2.00. The molecule has 0 amide bonds. The van der Waals surface area contributed by atoms with Crippen LogP contribution < -0.4 is 0 Å². The van der Waals surface area contributed by atoms with E-state index in [4.69, 9.17) is 0 Å². The molecule has 0 atom stereocenters. The van der Waals surface area contributed by atoms with Crippen molar-refractivity contribution in [1.82, 2.24) is 20.6 Å². The van der Waals surface area contributed by atoms with E-state index in [0.29, 0.717) is 0 Å². The van der Waals surface area contributed by atoms with Crippen LogP contribution in [-0.2, 0) is 0 Å². The molecular weight excluding hydrogens is 140 g/mol. The molecule has 0 aliphatic rings. The molecule has 0 radical (unpaired) electrons. The van der Waals surface area contributed by atoms with Crippen LogP contribution in [0.25, 0.3) is 11.0 Å². The fourth-order valence-corrected chi connectivity index (χ4v) is 0.934. The van der Waals surface area contributed by atoms with Crippen molar-refractivity contribution in [1.29, 1.82) is 0 Å². The summed E-state index contributed by atoms with van der Waals surface area (Å²) in [5, 5.41) is 14.5. The third kappa shape index (κ3) is 1.02. The Morgan fingerprint density at radius 2 is 1.73 bits per heavy atom. The van der Waals surface area contributed by atoms with E-state index in [-0.39, 0.29) is 0 Å². The van der Waals surface area contributed by atoms with Crippen LogP contribution in [0.2, 0.25) is 0 Å². The first-order valence-corrected chi connectivity index (χ1v) is 3.29. The first kappa shape index (κ1) is 6.15. The lowest BCUT2D eigenvalue weighted by atomic mass is 10.2. The summed E-state index contributed by atoms with van der Waals surface area (Å²) in [6.07, 6.45) is 0. The Balaban J connectivity index is 2.83. The van der Waals surface area contributed by atoms with Gasteiger partial charge in [-0.1, -0.05) is 6.07 Å². The van der Waals surface area contributed by atoms with E-state index in [1.807, 2.05) is 25.1 Å². The zero-order valence-corrected chi connectivity index (χ0v) is 6.02. The highest BCUT2D eigenvalue weighted by atomic mass is 15.4. The van der Waals surface area contributed by atoms with Crippen LogP contribution in [0.4, 0.5) is 0 Å². The average Bonchev–Trinajstić information content (AvgIpc) is 2.04. The topological polar surface area (TPSA) is 51.6 Å². The minimum Gasteiger partial charge on any atom is -0.127 e. The van der Waals surface area contributed by atoms with E-state index in [1.165, 1.54) is 0 Å². The van der Waals surface area contributed by atoms with Crippen LogP contribution >= 0.6 is 0 Å². The smallest absolute Gasteiger partial charge is 0.115 e. The molecule has 0 spiro atoms. The Bertz CT molecular complexity index is 385. The molecule has 1 aromatic carbocycles. The van der Waals surface area contributed by atoms with Crippen molar-refractivity contribution < 1.29 is 0 Å². The highest BCUT2D eigenvalue weighted by Gasteiger charge is 1.94. The molecule has 1 aromatic heterocycles. The number of nitrogens with zero attached hydrogens (tertiary/aromatic N) is 4. The monoisotopic (exact) mass is 146 g/mol. The van der Waals surface area contributed by atoms with E-state index >= 15 is 0 Å². The zero-order valence-electron chi connectivity index (χ0n) is 6.02. The summed E-state index contributed by atoms with van der Waals surface area (Å²) < 4.78 is 0. The number of aromatic nitrogens is 4. The Kier molecular flexibility index (Phi) is 1.25. The van der Waals surface area contributed by atoms with Gasteiger partial charge in [0.05, 0.1) is 0 Å². The van der Waals surface area contributed by atoms with E-state index in [0.717, 1.165) is 16.6 Å². The summed E-state index contributed by atoms with van der Waals surface area (Å²) in [5.41, 5.74) is 2.73. The maximum absolute atomic E-state index is 3.82. The molecule has 0 N–H and O–H groups in total. The highest BCUT2D eigenvalue weighted by Crippen LogP contribution is 2.07. The van der Waals surface area contributed by atoms with Crippen molar-refractivity contribution in [3.63, 3.8) is 0 Å². The lowest BCUT2D eigenvalue weighted by molar-refractivity contribution is 0.797. The lowest BCUT2D eigenvalue weighted by Crippen LogP contribution is -1.91. The summed E-state index contributed by atoms with van der Waals surface area (Å²) in [6, 6.07) is 5.78. The largest absolute Gasteiger partial charge is 0.127 e. The minimum atomic E-state index is 0.783. The van der Waals surface area contributed by atoms with Crippen LogP contribution in [-0.4, -0.2) is 20.6 Å². The fraction of sp³-hybridized carbons (Fsp3) is 0.143. The summed E-state index contributed by atoms with van der Waals surface area (Å²) in [4.78, 5) is 0. The number of benzene rings is 1. The molecular formula is C7H6N4. The van der Waals surface area contributed by atoms with Gasteiger partial charge in [-0.15, -0.1) is 10.2 Å². The number of aryl methyl sites for hydroxylation is 1. The molecule has 0 aliphatic carbocycles. The van der Waals surface area contributed by atoms with Crippen LogP contribution in [0, 0.1) is 6.92 Å². The quantitative estimate of drug-likeness (QED) is 0.549. The van der Waals surface area contributed by atoms with Gasteiger partial charge in [-0.25, -0.2) is 0 Å². The van der Waals surface area contributed by atoms with Gasteiger partial charge in [-0.3, -0.25) is 0 Å². The third-order valence-corrected chi connectivity index (χ3v) is 1.48. The van der Waals surface area contributed by atoms with Crippen molar-refractivity contribution in [2.75, 3.05) is 0 Å². The highest BCUT2D eigenvalue weighted by molar-refractivity contribution is 5.73. The summed E-state index contributed by atoms with van der Waals surface area (Å²) in [5.74, 6) is 0. The molecule has 0 fully saturated rings. The minimum absolute atomic E-state index is 0.783. The van der Waals surface area contributed by atoms with Crippen LogP contribution in [0.15, 0.2) is 18.2 Å². The molecule has 2 rings (SSSR count). The molecule has 0 saturated carbocycles. The first-order valence-electron chi connectivity index (χ1n) is 3.29. The average molecular weight is 146 g/mol. The van der Waals surface area contributed by atoms with E-state index < -0.39 is 0 Å². The van der Waals surface area contributed by atoms with Gasteiger partial charge < -0.3 is 0 Å². The van der Waals surface area contributed by atoms with Gasteiger partial charge in [-0.05, 0) is 35.0 Å². The lowest BCUT2D eigenvalue weighted by Gasteiger charge is -1.92. The zero-order chi connectivity index (χ0) is 7.68. The second kappa shape index (κ2) is 2.23. The van der Waals surface area contributed by atoms with E-state index in [2.05, 4.69) is 20.6 Å². The molecule has 4 nitrogen and oxygen atoms in total. The molecule has 0 aliphatic heterocycles. The van der Waals surface area contributed by atoms with Gasteiger partial charge in [0.2, 0.25) is 0 Å². The van der Waals surface area contributed by atoms with Crippen molar-refractivity contribution in [3.05, 3.63) is 23.8 Å². The van der Waals surface area contributed by atoms with Gasteiger partial charge >= 0.3 is 0 Å². The van der Waals surface area contributed by atoms with E-state index in [1.54, 1.807) is 0 Å². The van der Waals surface area contributed by atoms with E-state index in [9.17, 15) is 0 Å². The Hall–Kier alpha value is -1.58. The molecule has 2 aromatic rings.